The Morgan fingerprint density at radius 3 is 2.88 bits per heavy atom. The lowest BCUT2D eigenvalue weighted by molar-refractivity contribution is -0.113. The van der Waals surface area contributed by atoms with Gasteiger partial charge in [0.1, 0.15) is 5.01 Å². The third-order valence-corrected chi connectivity index (χ3v) is 4.47. The summed E-state index contributed by atoms with van der Waals surface area (Å²) in [5, 5.41) is 12.8. The van der Waals surface area contributed by atoms with Crippen LogP contribution in [0.3, 0.4) is 0 Å². The summed E-state index contributed by atoms with van der Waals surface area (Å²) >= 11 is 3.04. The first-order valence-electron chi connectivity index (χ1n) is 5.92. The predicted molar refractivity (Wildman–Crippen MR) is 72.7 cm³/mol. The number of carbonyl (C=O) groups excluding carboxylic acids is 1. The third kappa shape index (κ3) is 3.67. The second kappa shape index (κ2) is 6.35. The molecule has 6 heteroatoms. The van der Waals surface area contributed by atoms with Crippen molar-refractivity contribution in [3.63, 3.8) is 0 Å². The van der Waals surface area contributed by atoms with Crippen molar-refractivity contribution in [3.05, 3.63) is 5.01 Å². The molecule has 17 heavy (non-hydrogen) atoms. The van der Waals surface area contributed by atoms with E-state index in [0.717, 1.165) is 5.01 Å². The molecule has 0 bridgehead atoms. The highest BCUT2D eigenvalue weighted by Crippen LogP contribution is 2.35. The van der Waals surface area contributed by atoms with Crippen LogP contribution in [0.25, 0.3) is 0 Å². The van der Waals surface area contributed by atoms with Crippen LogP contribution >= 0.6 is 23.1 Å². The van der Waals surface area contributed by atoms with Crippen molar-refractivity contribution >= 4 is 34.1 Å². The lowest BCUT2D eigenvalue weighted by Crippen LogP contribution is -2.13. The number of hydrogen-bond acceptors (Lipinski definition) is 5. The van der Waals surface area contributed by atoms with Crippen molar-refractivity contribution in [1.29, 1.82) is 0 Å². The molecule has 94 valence electrons. The number of amides is 1. The van der Waals surface area contributed by atoms with Crippen molar-refractivity contribution in [3.8, 4) is 0 Å². The van der Waals surface area contributed by atoms with Crippen LogP contribution in [0.15, 0.2) is 0 Å². The van der Waals surface area contributed by atoms with Crippen LogP contribution < -0.4 is 5.32 Å². The molecule has 1 aromatic rings. The highest BCUT2D eigenvalue weighted by molar-refractivity contribution is 7.99. The molecule has 1 saturated carbocycles. The van der Waals surface area contributed by atoms with E-state index in [4.69, 9.17) is 0 Å². The summed E-state index contributed by atoms with van der Waals surface area (Å²) in [6.45, 7) is 0. The molecule has 1 aromatic heterocycles. The molecule has 0 unspecified atom stereocenters. The quantitative estimate of drug-likeness (QED) is 0.915. The third-order valence-electron chi connectivity index (χ3n) is 2.92. The maximum absolute atomic E-state index is 11.4. The van der Waals surface area contributed by atoms with Crippen LogP contribution in [0.5, 0.6) is 0 Å². The van der Waals surface area contributed by atoms with E-state index in [-0.39, 0.29) is 5.91 Å². The minimum absolute atomic E-state index is 0.00356. The first-order chi connectivity index (χ1) is 8.29. The van der Waals surface area contributed by atoms with Gasteiger partial charge < -0.3 is 0 Å². The Bertz CT molecular complexity index is 375. The van der Waals surface area contributed by atoms with Gasteiger partial charge in [-0.3, -0.25) is 10.1 Å². The zero-order chi connectivity index (χ0) is 12.1. The molecule has 1 aliphatic rings. The second-order valence-corrected chi connectivity index (χ2v) is 6.14. The molecule has 0 aliphatic heterocycles. The first-order valence-corrected chi connectivity index (χ1v) is 8.13. The summed E-state index contributed by atoms with van der Waals surface area (Å²) in [5.74, 6) is 1.04. The van der Waals surface area contributed by atoms with Gasteiger partial charge >= 0.3 is 0 Å². The smallest absolute Gasteiger partial charge is 0.236 e. The van der Waals surface area contributed by atoms with Gasteiger partial charge in [0.15, 0.2) is 0 Å². The Labute approximate surface area is 110 Å². The van der Waals surface area contributed by atoms with Gasteiger partial charge in [0.2, 0.25) is 11.0 Å². The van der Waals surface area contributed by atoms with E-state index in [2.05, 4.69) is 15.5 Å². The Kier molecular flexibility index (Phi) is 4.79. The molecule has 2 rings (SSSR count). The van der Waals surface area contributed by atoms with E-state index in [1.165, 1.54) is 55.2 Å². The van der Waals surface area contributed by atoms with Gasteiger partial charge in [0, 0.05) is 5.92 Å². The van der Waals surface area contributed by atoms with E-state index in [1.807, 2.05) is 6.26 Å². The van der Waals surface area contributed by atoms with Crippen LogP contribution in [-0.4, -0.2) is 28.1 Å². The fourth-order valence-corrected chi connectivity index (χ4v) is 3.35. The molecule has 4 nitrogen and oxygen atoms in total. The van der Waals surface area contributed by atoms with Crippen molar-refractivity contribution in [2.45, 2.75) is 38.0 Å². The number of nitrogens with zero attached hydrogens (tertiary/aromatic N) is 2. The molecule has 0 spiro atoms. The molecule has 0 radical (unpaired) electrons. The standard InChI is InChI=1S/C11H17N3OS2/c1-16-7-9(15)12-11-14-13-10(17-11)8-5-3-2-4-6-8/h8H,2-7H2,1H3,(H,12,14,15). The average Bonchev–Trinajstić information content (AvgIpc) is 2.79. The van der Waals surface area contributed by atoms with Crippen LogP contribution in [-0.2, 0) is 4.79 Å². The fraction of sp³-hybridized carbons (Fsp3) is 0.727. The maximum Gasteiger partial charge on any atom is 0.236 e. The summed E-state index contributed by atoms with van der Waals surface area (Å²) in [6.07, 6.45) is 8.26. The normalized spacial score (nSPS) is 17.0. The van der Waals surface area contributed by atoms with Gasteiger partial charge in [-0.2, -0.15) is 11.8 Å². The molecule has 0 saturated heterocycles. The Morgan fingerprint density at radius 2 is 2.18 bits per heavy atom. The van der Waals surface area contributed by atoms with Crippen molar-refractivity contribution < 1.29 is 4.79 Å². The van der Waals surface area contributed by atoms with Crippen molar-refractivity contribution in [2.75, 3.05) is 17.3 Å². The van der Waals surface area contributed by atoms with Crippen LogP contribution in [0.1, 0.15) is 43.0 Å². The molecule has 1 aliphatic carbocycles. The molecule has 1 amide bonds. The molecular weight excluding hydrogens is 254 g/mol. The summed E-state index contributed by atoms with van der Waals surface area (Å²) < 4.78 is 0. The number of rotatable bonds is 4. The van der Waals surface area contributed by atoms with E-state index >= 15 is 0 Å². The van der Waals surface area contributed by atoms with Crippen LogP contribution in [0.2, 0.25) is 0 Å². The van der Waals surface area contributed by atoms with Crippen molar-refractivity contribution in [1.82, 2.24) is 10.2 Å². The number of aromatic nitrogens is 2. The zero-order valence-corrected chi connectivity index (χ0v) is 11.6. The predicted octanol–water partition coefficient (Wildman–Crippen LogP) is 2.89. The second-order valence-electron chi connectivity index (χ2n) is 4.26. The summed E-state index contributed by atoms with van der Waals surface area (Å²) in [6, 6.07) is 0. The van der Waals surface area contributed by atoms with Gasteiger partial charge in [0.25, 0.3) is 0 Å². The highest BCUT2D eigenvalue weighted by atomic mass is 32.2. The van der Waals surface area contributed by atoms with Crippen molar-refractivity contribution in [2.24, 2.45) is 0 Å². The average molecular weight is 271 g/mol. The Morgan fingerprint density at radius 1 is 1.41 bits per heavy atom. The molecule has 1 N–H and O–H groups in total. The lowest BCUT2D eigenvalue weighted by Gasteiger charge is -2.18. The Balaban J connectivity index is 1.93. The van der Waals surface area contributed by atoms with Crippen LogP contribution in [0, 0.1) is 0 Å². The summed E-state index contributed by atoms with van der Waals surface area (Å²) in [7, 11) is 0. The van der Waals surface area contributed by atoms with E-state index in [0.29, 0.717) is 16.8 Å². The molecular formula is C11H17N3OS2. The highest BCUT2D eigenvalue weighted by Gasteiger charge is 2.20. The summed E-state index contributed by atoms with van der Waals surface area (Å²) in [4.78, 5) is 11.4. The number of nitrogens with one attached hydrogen (secondary N) is 1. The number of thioether (sulfide) groups is 1. The van der Waals surface area contributed by atoms with Gasteiger partial charge in [-0.05, 0) is 19.1 Å². The minimum atomic E-state index is 0.00356. The largest absolute Gasteiger partial charge is 0.300 e. The molecule has 1 fully saturated rings. The molecule has 0 aromatic carbocycles. The minimum Gasteiger partial charge on any atom is -0.300 e. The number of anilines is 1. The Hall–Kier alpha value is -0.620. The van der Waals surface area contributed by atoms with Gasteiger partial charge in [-0.1, -0.05) is 30.6 Å². The van der Waals surface area contributed by atoms with Crippen LogP contribution in [0.4, 0.5) is 5.13 Å². The monoisotopic (exact) mass is 271 g/mol. The van der Waals surface area contributed by atoms with E-state index in [9.17, 15) is 4.79 Å². The molecule has 0 atom stereocenters. The SMILES string of the molecule is CSCC(=O)Nc1nnc(C2CCCCC2)s1. The van der Waals surface area contributed by atoms with E-state index in [1.54, 1.807) is 0 Å². The summed E-state index contributed by atoms with van der Waals surface area (Å²) in [5.41, 5.74) is 0. The number of carbonyl (C=O) groups is 1. The lowest BCUT2D eigenvalue weighted by atomic mass is 9.90. The fourth-order valence-electron chi connectivity index (χ4n) is 2.09. The van der Waals surface area contributed by atoms with E-state index < -0.39 is 0 Å². The number of hydrogen-bond donors (Lipinski definition) is 1. The topological polar surface area (TPSA) is 54.9 Å². The van der Waals surface area contributed by atoms with Gasteiger partial charge in [-0.25, -0.2) is 0 Å². The van der Waals surface area contributed by atoms with Gasteiger partial charge in [-0.15, -0.1) is 10.2 Å². The molecule has 1 heterocycles. The zero-order valence-electron chi connectivity index (χ0n) is 9.94. The first kappa shape index (κ1) is 12.8. The van der Waals surface area contributed by atoms with Gasteiger partial charge in [0.05, 0.1) is 5.75 Å². The maximum atomic E-state index is 11.4.